The lowest BCUT2D eigenvalue weighted by molar-refractivity contribution is 0.0953. The molecule has 2 nitrogen and oxygen atoms in total. The van der Waals surface area contributed by atoms with Crippen LogP contribution in [-0.4, -0.2) is 17.8 Å². The monoisotopic (exact) mass is 287 g/mol. The molecule has 1 rings (SSSR count). The van der Waals surface area contributed by atoms with Crippen LogP contribution in [0.4, 0.5) is 0 Å². The lowest BCUT2D eigenvalue weighted by Gasteiger charge is -2.13. The van der Waals surface area contributed by atoms with Gasteiger partial charge in [0.2, 0.25) is 0 Å². The second-order valence-electron chi connectivity index (χ2n) is 4.90. The van der Waals surface area contributed by atoms with E-state index in [-0.39, 0.29) is 11.3 Å². The van der Waals surface area contributed by atoms with Gasteiger partial charge in [-0.15, -0.1) is 11.6 Å². The third-order valence-corrected chi connectivity index (χ3v) is 3.39. The van der Waals surface area contributed by atoms with Gasteiger partial charge in [0.15, 0.2) is 0 Å². The van der Waals surface area contributed by atoms with Gasteiger partial charge in [0.25, 0.3) is 5.91 Å². The highest BCUT2D eigenvalue weighted by Gasteiger charge is 2.11. The zero-order valence-corrected chi connectivity index (χ0v) is 12.5. The predicted molar refractivity (Wildman–Crippen MR) is 77.6 cm³/mol. The Bertz CT molecular complexity index is 418. The van der Waals surface area contributed by atoms with Crippen LogP contribution in [0.3, 0.4) is 0 Å². The molecule has 0 radical (unpaired) electrons. The number of alkyl halides is 1. The Hall–Kier alpha value is -0.730. The summed E-state index contributed by atoms with van der Waals surface area (Å²) in [6.45, 7) is 6.59. The molecule has 1 N–H and O–H groups in total. The molecule has 1 unspecified atom stereocenters. The topological polar surface area (TPSA) is 29.1 Å². The van der Waals surface area contributed by atoms with Crippen molar-refractivity contribution in [1.82, 2.24) is 5.32 Å². The van der Waals surface area contributed by atoms with Crippen molar-refractivity contribution in [2.75, 3.05) is 6.54 Å². The smallest absolute Gasteiger partial charge is 0.251 e. The molecule has 18 heavy (non-hydrogen) atoms. The summed E-state index contributed by atoms with van der Waals surface area (Å²) in [6, 6.07) is 5.23. The number of aryl methyl sites for hydroxylation is 1. The van der Waals surface area contributed by atoms with E-state index in [2.05, 4.69) is 19.2 Å². The van der Waals surface area contributed by atoms with Gasteiger partial charge in [-0.05, 0) is 43.0 Å². The summed E-state index contributed by atoms with van der Waals surface area (Å²) >= 11 is 12.0. The molecule has 0 spiro atoms. The van der Waals surface area contributed by atoms with Crippen LogP contribution in [0.25, 0.3) is 0 Å². The third-order valence-electron chi connectivity index (χ3n) is 2.63. The Morgan fingerprint density at radius 2 is 2.06 bits per heavy atom. The summed E-state index contributed by atoms with van der Waals surface area (Å²) in [7, 11) is 0. The maximum absolute atomic E-state index is 11.9. The van der Waals surface area contributed by atoms with Crippen LogP contribution < -0.4 is 5.32 Å². The van der Waals surface area contributed by atoms with Gasteiger partial charge >= 0.3 is 0 Å². The molecule has 1 amide bonds. The maximum atomic E-state index is 11.9. The SMILES string of the molecule is Cc1cc(C(=O)NCC(Cl)CC(C)C)ccc1Cl. The fourth-order valence-corrected chi connectivity index (χ4v) is 2.24. The van der Waals surface area contributed by atoms with Crippen molar-refractivity contribution in [2.45, 2.75) is 32.6 Å². The number of hydrogen-bond donors (Lipinski definition) is 1. The Morgan fingerprint density at radius 1 is 1.39 bits per heavy atom. The minimum Gasteiger partial charge on any atom is -0.351 e. The number of rotatable bonds is 5. The number of benzene rings is 1. The molecule has 4 heteroatoms. The fraction of sp³-hybridized carbons (Fsp3) is 0.500. The Morgan fingerprint density at radius 3 is 2.61 bits per heavy atom. The molecule has 0 saturated carbocycles. The highest BCUT2D eigenvalue weighted by molar-refractivity contribution is 6.31. The van der Waals surface area contributed by atoms with Gasteiger partial charge < -0.3 is 5.32 Å². The first-order chi connectivity index (χ1) is 8.40. The number of carbonyl (C=O) groups is 1. The molecule has 1 atom stereocenters. The molecular weight excluding hydrogens is 269 g/mol. The molecule has 1 aromatic rings. The summed E-state index contributed by atoms with van der Waals surface area (Å²) in [5.41, 5.74) is 1.51. The summed E-state index contributed by atoms with van der Waals surface area (Å²) in [4.78, 5) is 11.9. The minimum atomic E-state index is -0.107. The molecular formula is C14H19Cl2NO. The molecule has 0 fully saturated rings. The van der Waals surface area contributed by atoms with Crippen LogP contribution in [0, 0.1) is 12.8 Å². The van der Waals surface area contributed by atoms with Crippen molar-refractivity contribution in [1.29, 1.82) is 0 Å². The fourth-order valence-electron chi connectivity index (χ4n) is 1.69. The van der Waals surface area contributed by atoms with E-state index in [1.165, 1.54) is 0 Å². The van der Waals surface area contributed by atoms with Crippen LogP contribution in [-0.2, 0) is 0 Å². The van der Waals surface area contributed by atoms with Gasteiger partial charge in [-0.2, -0.15) is 0 Å². The second kappa shape index (κ2) is 7.01. The minimum absolute atomic E-state index is 0.0256. The lowest BCUT2D eigenvalue weighted by Crippen LogP contribution is -2.30. The van der Waals surface area contributed by atoms with Crippen LogP contribution >= 0.6 is 23.2 Å². The van der Waals surface area contributed by atoms with Crippen molar-refractivity contribution >= 4 is 29.1 Å². The van der Waals surface area contributed by atoms with Crippen molar-refractivity contribution in [3.05, 3.63) is 34.3 Å². The first kappa shape index (κ1) is 15.3. The Kier molecular flexibility index (Phi) is 5.97. The third kappa shape index (κ3) is 4.87. The summed E-state index contributed by atoms with van der Waals surface area (Å²) in [5.74, 6) is 0.423. The van der Waals surface area contributed by atoms with Crippen LogP contribution in [0.1, 0.15) is 36.2 Å². The highest BCUT2D eigenvalue weighted by Crippen LogP contribution is 2.16. The summed E-state index contributed by atoms with van der Waals surface area (Å²) in [6.07, 6.45) is 0.890. The number of hydrogen-bond acceptors (Lipinski definition) is 1. The molecule has 0 aliphatic carbocycles. The van der Waals surface area contributed by atoms with Gasteiger partial charge in [0.1, 0.15) is 0 Å². The lowest BCUT2D eigenvalue weighted by atomic mass is 10.1. The molecule has 0 saturated heterocycles. The van der Waals surface area contributed by atoms with E-state index < -0.39 is 0 Å². The zero-order chi connectivity index (χ0) is 13.7. The van der Waals surface area contributed by atoms with E-state index in [0.29, 0.717) is 23.0 Å². The number of nitrogens with one attached hydrogen (secondary N) is 1. The first-order valence-corrected chi connectivity index (χ1v) is 6.90. The van der Waals surface area contributed by atoms with E-state index >= 15 is 0 Å². The molecule has 0 aromatic heterocycles. The second-order valence-corrected chi connectivity index (χ2v) is 5.93. The number of amides is 1. The average molecular weight is 288 g/mol. The normalized spacial score (nSPS) is 12.6. The Balaban J connectivity index is 2.52. The van der Waals surface area contributed by atoms with E-state index in [1.807, 2.05) is 6.92 Å². The average Bonchev–Trinajstić information content (AvgIpc) is 2.28. The van der Waals surface area contributed by atoms with E-state index in [0.717, 1.165) is 12.0 Å². The standard InChI is InChI=1S/C14H19Cl2NO/c1-9(2)6-12(15)8-17-14(18)11-4-5-13(16)10(3)7-11/h4-5,7,9,12H,6,8H2,1-3H3,(H,17,18). The largest absolute Gasteiger partial charge is 0.351 e. The summed E-state index contributed by atoms with van der Waals surface area (Å²) < 4.78 is 0. The maximum Gasteiger partial charge on any atom is 0.251 e. The van der Waals surface area contributed by atoms with Crippen LogP contribution in [0.5, 0.6) is 0 Å². The number of halogens is 2. The van der Waals surface area contributed by atoms with Crippen LogP contribution in [0.2, 0.25) is 5.02 Å². The summed E-state index contributed by atoms with van der Waals surface area (Å²) in [5, 5.41) is 3.48. The van der Waals surface area contributed by atoms with Gasteiger partial charge in [-0.25, -0.2) is 0 Å². The molecule has 0 aliphatic heterocycles. The highest BCUT2D eigenvalue weighted by atomic mass is 35.5. The van der Waals surface area contributed by atoms with E-state index in [1.54, 1.807) is 18.2 Å². The predicted octanol–water partition coefficient (Wildman–Crippen LogP) is 4.03. The van der Waals surface area contributed by atoms with Gasteiger partial charge in [0, 0.05) is 17.1 Å². The molecule has 1 aromatic carbocycles. The van der Waals surface area contributed by atoms with Crippen molar-refractivity contribution in [3.8, 4) is 0 Å². The van der Waals surface area contributed by atoms with Crippen LogP contribution in [0.15, 0.2) is 18.2 Å². The molecule has 0 bridgehead atoms. The van der Waals surface area contributed by atoms with Crippen molar-refractivity contribution in [3.63, 3.8) is 0 Å². The first-order valence-electron chi connectivity index (χ1n) is 6.08. The van der Waals surface area contributed by atoms with Crippen molar-refractivity contribution in [2.24, 2.45) is 5.92 Å². The van der Waals surface area contributed by atoms with Crippen molar-refractivity contribution < 1.29 is 4.79 Å². The quantitative estimate of drug-likeness (QED) is 0.814. The molecule has 0 aliphatic rings. The van der Waals surface area contributed by atoms with Gasteiger partial charge in [-0.1, -0.05) is 25.4 Å². The molecule has 0 heterocycles. The van der Waals surface area contributed by atoms with Gasteiger partial charge in [-0.3, -0.25) is 4.79 Å². The molecule has 100 valence electrons. The van der Waals surface area contributed by atoms with E-state index in [9.17, 15) is 4.79 Å². The number of carbonyl (C=O) groups excluding carboxylic acids is 1. The zero-order valence-electron chi connectivity index (χ0n) is 11.0. The van der Waals surface area contributed by atoms with E-state index in [4.69, 9.17) is 23.2 Å². The Labute approximate surface area is 119 Å². The van der Waals surface area contributed by atoms with Gasteiger partial charge in [0.05, 0.1) is 5.38 Å².